The van der Waals surface area contributed by atoms with Gasteiger partial charge in [-0.1, -0.05) is 12.1 Å². The molecule has 138 valence electrons. The summed E-state index contributed by atoms with van der Waals surface area (Å²) in [5.41, 5.74) is 4.62. The predicted molar refractivity (Wildman–Crippen MR) is 104 cm³/mol. The van der Waals surface area contributed by atoms with Crippen LogP contribution >= 0.6 is 12.2 Å². The number of nitrogens with zero attached hydrogens (tertiary/aromatic N) is 3. The lowest BCUT2D eigenvalue weighted by molar-refractivity contribution is 0.0697. The quantitative estimate of drug-likeness (QED) is 0.329. The van der Waals surface area contributed by atoms with Crippen molar-refractivity contribution in [1.82, 2.24) is 14.9 Å². The first-order valence-corrected chi connectivity index (χ1v) is 8.52. The van der Waals surface area contributed by atoms with Crippen molar-refractivity contribution in [2.45, 2.75) is 6.92 Å². The Bertz CT molecular complexity index is 1010. The van der Waals surface area contributed by atoms with Crippen molar-refractivity contribution in [1.29, 1.82) is 0 Å². The highest BCUT2D eigenvalue weighted by Crippen LogP contribution is 2.20. The minimum atomic E-state index is -0.971. The first kappa shape index (κ1) is 18.3. The van der Waals surface area contributed by atoms with Gasteiger partial charge in [0.1, 0.15) is 5.75 Å². The molecule has 9 heteroatoms. The Balaban J connectivity index is 1.76. The van der Waals surface area contributed by atoms with E-state index >= 15 is 0 Å². The number of ether oxygens (including phenoxy) is 1. The predicted octanol–water partition coefficient (Wildman–Crippen LogP) is 3.28. The first-order chi connectivity index (χ1) is 13.1. The second kappa shape index (κ2) is 8.28. The van der Waals surface area contributed by atoms with Gasteiger partial charge in [-0.25, -0.2) is 15.4 Å². The molecule has 0 bridgehead atoms. The van der Waals surface area contributed by atoms with Crippen LogP contribution in [0.15, 0.2) is 53.6 Å². The molecular formula is C18H17N5O3S. The van der Waals surface area contributed by atoms with E-state index < -0.39 is 5.97 Å². The van der Waals surface area contributed by atoms with Gasteiger partial charge in [-0.3, -0.25) is 0 Å². The summed E-state index contributed by atoms with van der Waals surface area (Å²) in [5.74, 6) is 0.375. The fraction of sp³-hybridized carbons (Fsp3) is 0.111. The molecule has 0 saturated heterocycles. The van der Waals surface area contributed by atoms with E-state index in [1.807, 2.05) is 31.2 Å². The first-order valence-electron chi connectivity index (χ1n) is 8.11. The minimum Gasteiger partial charge on any atom is -0.494 e. The molecule has 0 radical (unpaired) electrons. The molecular weight excluding hydrogens is 366 g/mol. The number of hydrazone groups is 1. The zero-order chi connectivity index (χ0) is 19.2. The van der Waals surface area contributed by atoms with E-state index in [9.17, 15) is 4.79 Å². The topological polar surface area (TPSA) is 105 Å². The maximum Gasteiger partial charge on any atom is 0.335 e. The van der Waals surface area contributed by atoms with Gasteiger partial charge in [0.15, 0.2) is 5.82 Å². The maximum atomic E-state index is 10.9. The molecule has 3 aromatic rings. The van der Waals surface area contributed by atoms with Gasteiger partial charge in [-0.2, -0.15) is 14.9 Å². The van der Waals surface area contributed by atoms with Crippen LogP contribution in [-0.4, -0.2) is 38.8 Å². The van der Waals surface area contributed by atoms with Crippen LogP contribution < -0.4 is 10.3 Å². The minimum absolute atomic E-state index is 0.218. The molecule has 3 N–H and O–H groups in total. The lowest BCUT2D eigenvalue weighted by atomic mass is 10.1. The maximum absolute atomic E-state index is 10.9. The second-order valence-corrected chi connectivity index (χ2v) is 5.82. The van der Waals surface area contributed by atoms with Crippen LogP contribution in [0.3, 0.4) is 0 Å². The number of carbonyl (C=O) groups is 1. The van der Waals surface area contributed by atoms with E-state index in [-0.39, 0.29) is 5.56 Å². The van der Waals surface area contributed by atoms with Gasteiger partial charge in [0.2, 0.25) is 4.77 Å². The summed E-state index contributed by atoms with van der Waals surface area (Å²) in [4.78, 5) is 10.9. The van der Waals surface area contributed by atoms with Crippen molar-refractivity contribution < 1.29 is 14.6 Å². The fourth-order valence-electron chi connectivity index (χ4n) is 2.32. The number of benzene rings is 2. The molecule has 0 fully saturated rings. The lowest BCUT2D eigenvalue weighted by Gasteiger charge is -2.07. The number of hydrogen-bond acceptors (Lipinski definition) is 6. The average molecular weight is 383 g/mol. The second-order valence-electron chi connectivity index (χ2n) is 5.43. The summed E-state index contributed by atoms with van der Waals surface area (Å²) < 4.78 is 7.33. The SMILES string of the molecule is CCOc1ccc(-c2n[nH]c(=S)n2NN=Cc2ccc(C(=O)O)cc2)cc1. The third-order valence-corrected chi connectivity index (χ3v) is 3.90. The van der Waals surface area contributed by atoms with Gasteiger partial charge in [0.05, 0.1) is 18.4 Å². The van der Waals surface area contributed by atoms with Crippen molar-refractivity contribution in [2.75, 3.05) is 12.1 Å². The zero-order valence-corrected chi connectivity index (χ0v) is 15.2. The Morgan fingerprint density at radius 1 is 1.30 bits per heavy atom. The molecule has 27 heavy (non-hydrogen) atoms. The highest BCUT2D eigenvalue weighted by atomic mass is 32.1. The number of aromatic amines is 1. The normalized spacial score (nSPS) is 10.9. The van der Waals surface area contributed by atoms with E-state index in [0.29, 0.717) is 17.2 Å². The van der Waals surface area contributed by atoms with Gasteiger partial charge in [0.25, 0.3) is 0 Å². The number of H-pyrrole nitrogens is 1. The molecule has 3 rings (SSSR count). The van der Waals surface area contributed by atoms with Crippen molar-refractivity contribution in [3.8, 4) is 17.1 Å². The molecule has 0 aliphatic rings. The summed E-state index contributed by atoms with van der Waals surface area (Å²) >= 11 is 5.23. The number of aromatic nitrogens is 3. The summed E-state index contributed by atoms with van der Waals surface area (Å²) in [6.45, 7) is 2.53. The van der Waals surface area contributed by atoms with Gasteiger partial charge in [0, 0.05) is 5.56 Å². The molecule has 1 heterocycles. The Kier molecular flexibility index (Phi) is 5.62. The number of nitrogens with one attached hydrogen (secondary N) is 2. The van der Waals surface area contributed by atoms with E-state index in [0.717, 1.165) is 16.9 Å². The van der Waals surface area contributed by atoms with E-state index in [2.05, 4.69) is 20.8 Å². The van der Waals surface area contributed by atoms with E-state index in [4.69, 9.17) is 22.1 Å². The van der Waals surface area contributed by atoms with Crippen molar-refractivity contribution in [2.24, 2.45) is 5.10 Å². The Labute approximate surface area is 160 Å². The number of carboxylic acid groups (broad SMARTS) is 1. The molecule has 2 aromatic carbocycles. The van der Waals surface area contributed by atoms with Crippen molar-refractivity contribution in [3.05, 3.63) is 64.4 Å². The van der Waals surface area contributed by atoms with Gasteiger partial charge >= 0.3 is 5.97 Å². The van der Waals surface area contributed by atoms with Gasteiger partial charge < -0.3 is 9.84 Å². The number of rotatable bonds is 7. The molecule has 0 amide bonds. The van der Waals surface area contributed by atoms with Crippen LogP contribution in [0.25, 0.3) is 11.4 Å². The molecule has 8 nitrogen and oxygen atoms in total. The molecule has 0 aliphatic heterocycles. The number of aromatic carboxylic acids is 1. The van der Waals surface area contributed by atoms with Gasteiger partial charge in [-0.05, 0) is 61.1 Å². The van der Waals surface area contributed by atoms with Crippen LogP contribution in [0.1, 0.15) is 22.8 Å². The van der Waals surface area contributed by atoms with E-state index in [1.54, 1.807) is 18.3 Å². The molecule has 1 aromatic heterocycles. The van der Waals surface area contributed by atoms with Crippen LogP contribution in [-0.2, 0) is 0 Å². The monoisotopic (exact) mass is 383 g/mol. The van der Waals surface area contributed by atoms with Gasteiger partial charge in [-0.15, -0.1) is 0 Å². The third-order valence-electron chi connectivity index (χ3n) is 3.62. The molecule has 0 aliphatic carbocycles. The molecule has 0 unspecified atom stereocenters. The van der Waals surface area contributed by atoms with E-state index in [1.165, 1.54) is 16.8 Å². The summed E-state index contributed by atoms with van der Waals surface area (Å²) in [7, 11) is 0. The Morgan fingerprint density at radius 3 is 2.63 bits per heavy atom. The van der Waals surface area contributed by atoms with Crippen LogP contribution in [0.4, 0.5) is 0 Å². The smallest absolute Gasteiger partial charge is 0.335 e. The van der Waals surface area contributed by atoms with Crippen molar-refractivity contribution in [3.63, 3.8) is 0 Å². The van der Waals surface area contributed by atoms with Crippen LogP contribution in [0.5, 0.6) is 5.75 Å². The highest BCUT2D eigenvalue weighted by molar-refractivity contribution is 7.71. The summed E-state index contributed by atoms with van der Waals surface area (Å²) in [6.07, 6.45) is 1.56. The van der Waals surface area contributed by atoms with Crippen LogP contribution in [0.2, 0.25) is 0 Å². The fourth-order valence-corrected chi connectivity index (χ4v) is 2.50. The standard InChI is InChI=1S/C18H17N5O3S/c1-2-26-15-9-7-13(8-10-15)16-20-21-18(27)23(16)22-19-11-12-3-5-14(6-4-12)17(24)25/h3-11,22H,2H2,1H3,(H,21,27)(H,24,25). The van der Waals surface area contributed by atoms with Crippen LogP contribution in [0, 0.1) is 4.77 Å². The summed E-state index contributed by atoms with van der Waals surface area (Å²) in [5, 5.41) is 20.0. The molecule has 0 saturated carbocycles. The summed E-state index contributed by atoms with van der Waals surface area (Å²) in [6, 6.07) is 13.8. The largest absolute Gasteiger partial charge is 0.494 e. The Hall–Kier alpha value is -3.46. The molecule has 0 atom stereocenters. The van der Waals surface area contributed by atoms with Crippen molar-refractivity contribution >= 4 is 24.4 Å². The third kappa shape index (κ3) is 4.39. The number of carboxylic acids is 1. The average Bonchev–Trinajstić information content (AvgIpc) is 3.04. The highest BCUT2D eigenvalue weighted by Gasteiger charge is 2.08. The lowest BCUT2D eigenvalue weighted by Crippen LogP contribution is -2.10. The Morgan fingerprint density at radius 2 is 2.00 bits per heavy atom. The molecule has 0 spiro atoms. The zero-order valence-electron chi connectivity index (χ0n) is 14.4. The number of hydrogen-bond donors (Lipinski definition) is 3.